The Morgan fingerprint density at radius 3 is 2.52 bits per heavy atom. The van der Waals surface area contributed by atoms with Gasteiger partial charge in [0, 0.05) is 49.3 Å². The maximum atomic E-state index is 13.7. The molecule has 0 amide bonds. The van der Waals surface area contributed by atoms with E-state index < -0.39 is 0 Å². The van der Waals surface area contributed by atoms with Gasteiger partial charge >= 0.3 is 0 Å². The quantitative estimate of drug-likeness (QED) is 0.461. The van der Waals surface area contributed by atoms with Crippen LogP contribution < -0.4 is 15.5 Å². The minimum absolute atomic E-state index is 0.272. The molecule has 2 N–H and O–H groups in total. The summed E-state index contributed by atoms with van der Waals surface area (Å²) in [6, 6.07) is 22.5. The molecule has 0 aromatic heterocycles. The van der Waals surface area contributed by atoms with Crippen molar-refractivity contribution < 1.29 is 4.39 Å². The highest BCUT2D eigenvalue weighted by Gasteiger charge is 2.11. The number of hydrogen-bond acceptors (Lipinski definition) is 3. The summed E-state index contributed by atoms with van der Waals surface area (Å²) in [5.74, 6) is 0.201. The summed E-state index contributed by atoms with van der Waals surface area (Å²) in [4.78, 5) is 11.5. The molecule has 0 saturated carbocycles. The first-order valence-electron chi connectivity index (χ1n) is 10.5. The van der Waals surface area contributed by atoms with E-state index in [1.165, 1.54) is 17.8 Å². The van der Waals surface area contributed by atoms with Gasteiger partial charge in [-0.05, 0) is 55.0 Å². The van der Waals surface area contributed by atoms with Crippen LogP contribution in [0.25, 0.3) is 11.1 Å². The van der Waals surface area contributed by atoms with Crippen LogP contribution in [0.4, 0.5) is 21.5 Å². The van der Waals surface area contributed by atoms with Gasteiger partial charge in [0.25, 0.3) is 0 Å². The number of guanidine groups is 1. The Labute approximate surface area is 182 Å². The second-order valence-electron chi connectivity index (χ2n) is 7.26. The molecule has 0 bridgehead atoms. The predicted molar refractivity (Wildman–Crippen MR) is 128 cm³/mol. The zero-order valence-corrected chi connectivity index (χ0v) is 17.6. The Kier molecular flexibility index (Phi) is 6.69. The normalized spacial score (nSPS) is 14.8. The summed E-state index contributed by atoms with van der Waals surface area (Å²) < 4.78 is 13.7. The fourth-order valence-corrected chi connectivity index (χ4v) is 3.60. The highest BCUT2D eigenvalue weighted by molar-refractivity contribution is 6.00. The van der Waals surface area contributed by atoms with Crippen LogP contribution in [0.1, 0.15) is 6.92 Å². The van der Waals surface area contributed by atoms with E-state index >= 15 is 0 Å². The lowest BCUT2D eigenvalue weighted by atomic mass is 10.0. The van der Waals surface area contributed by atoms with Crippen molar-refractivity contribution in [3.8, 4) is 11.1 Å². The van der Waals surface area contributed by atoms with Crippen molar-refractivity contribution >= 4 is 29.2 Å². The molecule has 1 saturated heterocycles. The van der Waals surface area contributed by atoms with Crippen LogP contribution in [0, 0.1) is 5.82 Å². The summed E-state index contributed by atoms with van der Waals surface area (Å²) in [5.41, 5.74) is 4.47. The van der Waals surface area contributed by atoms with Crippen molar-refractivity contribution in [2.24, 2.45) is 9.98 Å². The third kappa shape index (κ3) is 5.35. The second-order valence-corrected chi connectivity index (χ2v) is 7.26. The van der Waals surface area contributed by atoms with Gasteiger partial charge in [0.15, 0.2) is 0 Å². The van der Waals surface area contributed by atoms with Gasteiger partial charge in [0.1, 0.15) is 5.82 Å². The predicted octanol–water partition coefficient (Wildman–Crippen LogP) is 5.09. The number of benzene rings is 3. The molecule has 1 aliphatic rings. The number of para-hydroxylation sites is 1. The number of hydrogen-bond donors (Lipinski definition) is 2. The van der Waals surface area contributed by atoms with Crippen molar-refractivity contribution in [3.05, 3.63) is 78.6 Å². The Morgan fingerprint density at radius 2 is 1.77 bits per heavy atom. The van der Waals surface area contributed by atoms with Crippen molar-refractivity contribution in [3.63, 3.8) is 0 Å². The first-order valence-corrected chi connectivity index (χ1v) is 10.5. The minimum Gasteiger partial charge on any atom is -0.369 e. The summed E-state index contributed by atoms with van der Waals surface area (Å²) >= 11 is 0. The second kappa shape index (κ2) is 10.00. The molecule has 4 rings (SSSR count). The van der Waals surface area contributed by atoms with E-state index in [4.69, 9.17) is 4.99 Å². The Bertz CT molecular complexity index is 1070. The van der Waals surface area contributed by atoms with Crippen molar-refractivity contribution in [1.82, 2.24) is 5.32 Å². The van der Waals surface area contributed by atoms with Gasteiger partial charge in [0.2, 0.25) is 5.96 Å². The summed E-state index contributed by atoms with van der Waals surface area (Å²) in [7, 11) is 0. The van der Waals surface area contributed by atoms with Gasteiger partial charge in [-0.1, -0.05) is 30.3 Å². The smallest absolute Gasteiger partial charge is 0.227 e. The molecule has 158 valence electrons. The van der Waals surface area contributed by atoms with E-state index in [1.54, 1.807) is 12.3 Å². The van der Waals surface area contributed by atoms with E-state index in [9.17, 15) is 4.39 Å². The SMILES string of the molecule is CC=NC(=Nc1ccccc1-c1cccc(F)c1)Nc1ccc(N2CCNCC2)cc1. The third-order valence-corrected chi connectivity index (χ3v) is 5.12. The molecule has 0 aliphatic carbocycles. The Morgan fingerprint density at radius 1 is 1.00 bits per heavy atom. The van der Waals surface area contributed by atoms with E-state index in [-0.39, 0.29) is 5.82 Å². The lowest BCUT2D eigenvalue weighted by Crippen LogP contribution is -2.43. The summed E-state index contributed by atoms with van der Waals surface area (Å²) in [6.07, 6.45) is 1.70. The van der Waals surface area contributed by atoms with E-state index in [0.29, 0.717) is 5.96 Å². The summed E-state index contributed by atoms with van der Waals surface area (Å²) in [6.45, 7) is 5.88. The van der Waals surface area contributed by atoms with Gasteiger partial charge < -0.3 is 15.5 Å². The molecule has 0 radical (unpaired) electrons. The highest BCUT2D eigenvalue weighted by Crippen LogP contribution is 2.31. The van der Waals surface area contributed by atoms with E-state index in [1.807, 2.05) is 49.4 Å². The largest absolute Gasteiger partial charge is 0.369 e. The molecule has 1 aliphatic heterocycles. The summed E-state index contributed by atoms with van der Waals surface area (Å²) in [5, 5.41) is 6.67. The number of aliphatic imine (C=N–C) groups is 2. The third-order valence-electron chi connectivity index (χ3n) is 5.12. The van der Waals surface area contributed by atoms with Crippen molar-refractivity contribution in [2.45, 2.75) is 6.92 Å². The first-order chi connectivity index (χ1) is 15.2. The van der Waals surface area contributed by atoms with Crippen LogP contribution in [0.15, 0.2) is 82.8 Å². The van der Waals surface area contributed by atoms with Gasteiger partial charge in [-0.15, -0.1) is 0 Å². The van der Waals surface area contributed by atoms with Gasteiger partial charge in [0.05, 0.1) is 5.69 Å². The minimum atomic E-state index is -0.272. The van der Waals surface area contributed by atoms with Gasteiger partial charge in [-0.25, -0.2) is 14.4 Å². The van der Waals surface area contributed by atoms with Crippen LogP contribution in [0.5, 0.6) is 0 Å². The zero-order valence-electron chi connectivity index (χ0n) is 17.6. The van der Waals surface area contributed by atoms with E-state index in [0.717, 1.165) is 48.7 Å². The maximum absolute atomic E-state index is 13.7. The van der Waals surface area contributed by atoms with Crippen LogP contribution in [0.3, 0.4) is 0 Å². The fourth-order valence-electron chi connectivity index (χ4n) is 3.60. The molecule has 31 heavy (non-hydrogen) atoms. The topological polar surface area (TPSA) is 52.0 Å². The monoisotopic (exact) mass is 415 g/mol. The number of piperazine rings is 1. The molecule has 1 fully saturated rings. The average molecular weight is 416 g/mol. The van der Waals surface area contributed by atoms with Gasteiger partial charge in [-0.3, -0.25) is 0 Å². The van der Waals surface area contributed by atoms with Crippen LogP contribution in [-0.2, 0) is 0 Å². The highest BCUT2D eigenvalue weighted by atomic mass is 19.1. The molecule has 1 heterocycles. The van der Waals surface area contributed by atoms with Gasteiger partial charge in [-0.2, -0.15) is 0 Å². The van der Waals surface area contributed by atoms with E-state index in [2.05, 4.69) is 32.7 Å². The van der Waals surface area contributed by atoms with Crippen molar-refractivity contribution in [1.29, 1.82) is 0 Å². The molecule has 0 spiro atoms. The van der Waals surface area contributed by atoms with Crippen LogP contribution in [0.2, 0.25) is 0 Å². The fraction of sp³-hybridized carbons (Fsp3) is 0.200. The molecule has 5 nitrogen and oxygen atoms in total. The number of anilines is 2. The standard InChI is InChI=1S/C25H26FN5/c1-2-28-25(29-21-10-12-22(13-11-21)31-16-14-27-15-17-31)30-24-9-4-3-8-23(24)19-6-5-7-20(26)18-19/h2-13,18,27H,14-17H2,1H3,(H,29,30). The molecule has 3 aromatic carbocycles. The van der Waals surface area contributed by atoms with Crippen LogP contribution >= 0.6 is 0 Å². The lowest BCUT2D eigenvalue weighted by Gasteiger charge is -2.29. The van der Waals surface area contributed by atoms with Crippen LogP contribution in [-0.4, -0.2) is 38.4 Å². The number of rotatable bonds is 4. The Hall–Kier alpha value is -3.51. The molecule has 0 atom stereocenters. The number of nitrogens with zero attached hydrogens (tertiary/aromatic N) is 3. The molecule has 6 heteroatoms. The molecule has 3 aromatic rings. The Balaban J connectivity index is 1.58. The number of halogens is 1. The lowest BCUT2D eigenvalue weighted by molar-refractivity contribution is 0.589. The molecular formula is C25H26FN5. The zero-order chi connectivity index (χ0) is 21.5. The first kappa shape index (κ1) is 20.8. The maximum Gasteiger partial charge on any atom is 0.227 e. The molecular weight excluding hydrogens is 389 g/mol. The van der Waals surface area contributed by atoms with Crippen molar-refractivity contribution in [2.75, 3.05) is 36.4 Å². The average Bonchev–Trinajstić information content (AvgIpc) is 2.81. The molecule has 0 unspecified atom stereocenters. The number of nitrogens with one attached hydrogen (secondary N) is 2.